The van der Waals surface area contributed by atoms with Gasteiger partial charge in [-0.05, 0) is 79.3 Å². The minimum Gasteiger partial charge on any atom is -0.490 e. The van der Waals surface area contributed by atoms with Crippen molar-refractivity contribution in [3.63, 3.8) is 0 Å². The zero-order chi connectivity index (χ0) is 29.8. The van der Waals surface area contributed by atoms with Gasteiger partial charge in [0.05, 0.1) is 12.7 Å². The molecule has 2 amide bonds. The van der Waals surface area contributed by atoms with Crippen molar-refractivity contribution in [1.29, 1.82) is 0 Å². The highest BCUT2D eigenvalue weighted by Gasteiger charge is 2.37. The minimum absolute atomic E-state index is 0.144. The Hall–Kier alpha value is -3.76. The number of nitrogens with one attached hydrogen (secondary N) is 2. The second-order valence-electron chi connectivity index (χ2n) is 10.7. The van der Waals surface area contributed by atoms with Crippen molar-refractivity contribution < 1.29 is 33.3 Å². The van der Waals surface area contributed by atoms with E-state index in [4.69, 9.17) is 18.9 Å². The Labute approximate surface area is 231 Å². The largest absolute Gasteiger partial charge is 0.490 e. The summed E-state index contributed by atoms with van der Waals surface area (Å²) in [5, 5.41) is 6.28. The van der Waals surface area contributed by atoms with E-state index in [1.165, 1.54) is 7.11 Å². The first-order valence-corrected chi connectivity index (χ1v) is 12.8. The van der Waals surface area contributed by atoms with Crippen molar-refractivity contribution in [3.05, 3.63) is 47.0 Å². The first kappa shape index (κ1) is 33.3. The predicted molar refractivity (Wildman–Crippen MR) is 149 cm³/mol. The summed E-state index contributed by atoms with van der Waals surface area (Å²) in [5.74, 6) is 0.371. The second-order valence-corrected chi connectivity index (χ2v) is 10.7. The third-order valence-electron chi connectivity index (χ3n) is 4.86. The monoisotopic (exact) mass is 548 g/mol. The number of hydrogen-bond acceptors (Lipinski definition) is 10. The number of ether oxygens (including phenoxy) is 4. The Bertz CT molecular complexity index is 997. The number of hydrogen-bond donors (Lipinski definition) is 2. The lowest BCUT2D eigenvalue weighted by molar-refractivity contribution is -0.00899. The maximum absolute atomic E-state index is 13.1. The molecule has 39 heavy (non-hydrogen) atoms. The molecule has 11 heteroatoms. The number of amides is 2. The molecule has 0 aliphatic carbocycles. The number of allylic oxidation sites excluding steroid dienone is 1. The summed E-state index contributed by atoms with van der Waals surface area (Å²) in [4.78, 5) is 42.8. The SMILES string of the molecule is C=NC(N/C(NCCCC)=C(\C)OCc1cccc(C(=O)OC)c1)N(C(=O)OC(C)(C)C)C(=O)OC(C)(C)C. The minimum atomic E-state index is -1.28. The lowest BCUT2D eigenvalue weighted by Gasteiger charge is -2.32. The van der Waals surface area contributed by atoms with Gasteiger partial charge < -0.3 is 29.6 Å². The summed E-state index contributed by atoms with van der Waals surface area (Å²) in [5.41, 5.74) is -0.605. The summed E-state index contributed by atoms with van der Waals surface area (Å²) in [6.07, 6.45) is -1.39. The third kappa shape index (κ3) is 12.1. The number of carbonyl (C=O) groups is 3. The summed E-state index contributed by atoms with van der Waals surface area (Å²) in [6.45, 7) is 18.2. The highest BCUT2D eigenvalue weighted by molar-refractivity contribution is 5.89. The molecule has 0 saturated heterocycles. The molecule has 0 heterocycles. The van der Waals surface area contributed by atoms with E-state index in [1.807, 2.05) is 6.07 Å². The molecule has 0 radical (unpaired) electrons. The Morgan fingerprint density at radius 1 is 1.05 bits per heavy atom. The van der Waals surface area contributed by atoms with Crippen molar-refractivity contribution in [2.24, 2.45) is 4.99 Å². The molecular weight excluding hydrogens is 504 g/mol. The van der Waals surface area contributed by atoms with E-state index in [2.05, 4.69) is 29.3 Å². The van der Waals surface area contributed by atoms with Crippen LogP contribution in [0.1, 0.15) is 84.2 Å². The normalized spacial score (nSPS) is 12.8. The van der Waals surface area contributed by atoms with Crippen LogP contribution in [0.25, 0.3) is 0 Å². The summed E-state index contributed by atoms with van der Waals surface area (Å²) < 4.78 is 21.7. The molecule has 0 bridgehead atoms. The third-order valence-corrected chi connectivity index (χ3v) is 4.86. The zero-order valence-corrected chi connectivity index (χ0v) is 24.7. The highest BCUT2D eigenvalue weighted by atomic mass is 16.6. The number of unbranched alkanes of at least 4 members (excludes halogenated alkanes) is 1. The van der Waals surface area contributed by atoms with Crippen LogP contribution in [-0.4, -0.2) is 60.9 Å². The van der Waals surface area contributed by atoms with E-state index in [0.29, 0.717) is 23.7 Å². The van der Waals surface area contributed by atoms with Gasteiger partial charge in [-0.25, -0.2) is 14.4 Å². The van der Waals surface area contributed by atoms with Crippen LogP contribution in [0.3, 0.4) is 0 Å². The van der Waals surface area contributed by atoms with Crippen molar-refractivity contribution in [3.8, 4) is 0 Å². The maximum Gasteiger partial charge on any atom is 0.423 e. The topological polar surface area (TPSA) is 128 Å². The van der Waals surface area contributed by atoms with Crippen LogP contribution in [0, 0.1) is 0 Å². The van der Waals surface area contributed by atoms with Crippen LogP contribution < -0.4 is 10.6 Å². The van der Waals surface area contributed by atoms with Crippen LogP contribution in [0.4, 0.5) is 9.59 Å². The predicted octanol–water partition coefficient (Wildman–Crippen LogP) is 5.31. The molecule has 0 aliphatic rings. The molecule has 2 N–H and O–H groups in total. The van der Waals surface area contributed by atoms with Gasteiger partial charge >= 0.3 is 18.2 Å². The van der Waals surface area contributed by atoms with E-state index in [9.17, 15) is 14.4 Å². The number of aliphatic imine (C=N–C) groups is 1. The molecule has 1 unspecified atom stereocenters. The van der Waals surface area contributed by atoms with Gasteiger partial charge in [0.2, 0.25) is 6.29 Å². The number of imide groups is 1. The summed E-state index contributed by atoms with van der Waals surface area (Å²) >= 11 is 0. The van der Waals surface area contributed by atoms with Crippen molar-refractivity contribution in [2.75, 3.05) is 13.7 Å². The molecule has 0 aromatic heterocycles. The van der Waals surface area contributed by atoms with Gasteiger partial charge in [-0.15, -0.1) is 0 Å². The first-order chi connectivity index (χ1) is 18.1. The summed E-state index contributed by atoms with van der Waals surface area (Å²) in [6, 6.07) is 6.88. The average molecular weight is 549 g/mol. The fourth-order valence-corrected chi connectivity index (χ4v) is 3.05. The number of esters is 1. The molecular formula is C28H44N4O7. The number of rotatable bonds is 12. The standard InChI is InChI=1S/C28H44N4O7/c1-11-12-16-30-22(19(2)37-18-20-14-13-15-21(17-20)23(33)36-10)31-24(29-9)32(25(34)38-27(3,4)5)26(35)39-28(6,7)8/h13-15,17,24,30-31H,9,11-12,16,18H2,1-8,10H3/b22-19+. The van der Waals surface area contributed by atoms with Crippen molar-refractivity contribution in [2.45, 2.75) is 92.3 Å². The number of nitrogens with zero attached hydrogens (tertiary/aromatic N) is 2. The van der Waals surface area contributed by atoms with E-state index < -0.39 is 35.6 Å². The molecule has 0 spiro atoms. The first-order valence-electron chi connectivity index (χ1n) is 12.8. The Balaban J connectivity index is 3.31. The fraction of sp³-hybridized carbons (Fsp3) is 0.571. The van der Waals surface area contributed by atoms with E-state index >= 15 is 0 Å². The lowest BCUT2D eigenvalue weighted by atomic mass is 10.1. The Morgan fingerprint density at radius 3 is 2.13 bits per heavy atom. The van der Waals surface area contributed by atoms with E-state index in [0.717, 1.165) is 23.3 Å². The lowest BCUT2D eigenvalue weighted by Crippen LogP contribution is -2.54. The molecule has 0 saturated carbocycles. The number of benzene rings is 1. The quantitative estimate of drug-likeness (QED) is 0.0891. The molecule has 11 nitrogen and oxygen atoms in total. The highest BCUT2D eigenvalue weighted by Crippen LogP contribution is 2.18. The molecule has 1 rings (SSSR count). The van der Waals surface area contributed by atoms with Gasteiger partial charge in [0.15, 0.2) is 0 Å². The van der Waals surface area contributed by atoms with Crippen LogP contribution in [0.5, 0.6) is 0 Å². The summed E-state index contributed by atoms with van der Waals surface area (Å²) in [7, 11) is 1.32. The van der Waals surface area contributed by atoms with Gasteiger partial charge in [-0.3, -0.25) is 4.99 Å². The average Bonchev–Trinajstić information content (AvgIpc) is 2.83. The number of carbonyl (C=O) groups excluding carboxylic acids is 3. The second kappa shape index (κ2) is 15.0. The molecule has 1 aromatic carbocycles. The van der Waals surface area contributed by atoms with E-state index in [-0.39, 0.29) is 6.61 Å². The molecule has 0 fully saturated rings. The van der Waals surface area contributed by atoms with Crippen LogP contribution in [0.15, 0.2) is 40.8 Å². The van der Waals surface area contributed by atoms with Crippen LogP contribution in [-0.2, 0) is 25.6 Å². The van der Waals surface area contributed by atoms with Crippen LogP contribution >= 0.6 is 0 Å². The Kier molecular flexibility index (Phi) is 12.8. The van der Waals surface area contributed by atoms with E-state index in [1.54, 1.807) is 66.7 Å². The zero-order valence-electron chi connectivity index (χ0n) is 24.7. The smallest absolute Gasteiger partial charge is 0.423 e. The molecule has 1 atom stereocenters. The molecule has 0 aliphatic heterocycles. The van der Waals surface area contributed by atoms with Gasteiger partial charge in [-0.2, -0.15) is 4.90 Å². The molecule has 218 valence electrons. The Morgan fingerprint density at radius 2 is 1.64 bits per heavy atom. The van der Waals surface area contributed by atoms with Crippen molar-refractivity contribution in [1.82, 2.24) is 15.5 Å². The maximum atomic E-state index is 13.1. The van der Waals surface area contributed by atoms with Crippen LogP contribution in [0.2, 0.25) is 0 Å². The van der Waals surface area contributed by atoms with Gasteiger partial charge in [-0.1, -0.05) is 25.5 Å². The van der Waals surface area contributed by atoms with Gasteiger partial charge in [0.25, 0.3) is 0 Å². The van der Waals surface area contributed by atoms with Crippen molar-refractivity contribution >= 4 is 24.9 Å². The number of methoxy groups -OCH3 is 1. The fourth-order valence-electron chi connectivity index (χ4n) is 3.05. The van der Waals surface area contributed by atoms with Gasteiger partial charge in [0, 0.05) is 6.54 Å². The van der Waals surface area contributed by atoms with Gasteiger partial charge in [0.1, 0.15) is 29.4 Å². The molecule has 1 aromatic rings.